The third-order valence-corrected chi connectivity index (χ3v) is 6.43. The summed E-state index contributed by atoms with van der Waals surface area (Å²) >= 11 is 18.3. The van der Waals surface area contributed by atoms with Gasteiger partial charge in [0, 0.05) is 34.8 Å². The standard InChI is InChI=1S/C27H30Cl2N4OS/c1-17(2)8-7-9-18(3)14-15-30-27(35)32-25-26(34)33(4)23-13-12-19(28)16-21(23)24(31-25)20-10-5-6-11-22(20)29/h5-6,8,10-14,16,25H,7,9,15H2,1-4H3,(H2,30,32,35). The molecule has 8 heteroatoms. The number of carbonyl (C=O) groups excluding carboxylic acids is 1. The molecule has 0 aromatic heterocycles. The molecule has 0 fully saturated rings. The van der Waals surface area contributed by atoms with Crippen molar-refractivity contribution in [2.75, 3.05) is 18.5 Å². The van der Waals surface area contributed by atoms with Gasteiger partial charge in [0.1, 0.15) is 0 Å². The van der Waals surface area contributed by atoms with Gasteiger partial charge in [-0.05, 0) is 70.1 Å². The van der Waals surface area contributed by atoms with E-state index in [1.807, 2.05) is 24.3 Å². The Balaban J connectivity index is 1.83. The van der Waals surface area contributed by atoms with Crippen LogP contribution >= 0.6 is 35.4 Å². The Kier molecular flexibility index (Phi) is 9.49. The van der Waals surface area contributed by atoms with Crippen LogP contribution in [0.2, 0.25) is 10.0 Å². The van der Waals surface area contributed by atoms with E-state index in [9.17, 15) is 4.79 Å². The maximum absolute atomic E-state index is 13.3. The molecular weight excluding hydrogens is 499 g/mol. The van der Waals surface area contributed by atoms with Gasteiger partial charge in [-0.25, -0.2) is 4.99 Å². The summed E-state index contributed by atoms with van der Waals surface area (Å²) in [6.07, 6.45) is 5.40. The predicted molar refractivity (Wildman–Crippen MR) is 152 cm³/mol. The highest BCUT2D eigenvalue weighted by molar-refractivity contribution is 7.80. The molecule has 2 aromatic rings. The second-order valence-electron chi connectivity index (χ2n) is 8.64. The highest BCUT2D eigenvalue weighted by Crippen LogP contribution is 2.31. The molecule has 0 saturated carbocycles. The monoisotopic (exact) mass is 528 g/mol. The van der Waals surface area contributed by atoms with Gasteiger partial charge < -0.3 is 15.5 Å². The molecule has 1 heterocycles. The average molecular weight is 530 g/mol. The van der Waals surface area contributed by atoms with Crippen molar-refractivity contribution < 1.29 is 4.79 Å². The van der Waals surface area contributed by atoms with Crippen LogP contribution in [0, 0.1) is 0 Å². The number of amides is 1. The van der Waals surface area contributed by atoms with Gasteiger partial charge in [0.2, 0.25) is 6.17 Å². The van der Waals surface area contributed by atoms with Crippen LogP contribution in [-0.4, -0.2) is 36.5 Å². The molecule has 2 aromatic carbocycles. The molecule has 1 aliphatic heterocycles. The van der Waals surface area contributed by atoms with E-state index in [-0.39, 0.29) is 5.91 Å². The van der Waals surface area contributed by atoms with Crippen molar-refractivity contribution in [3.8, 4) is 0 Å². The van der Waals surface area contributed by atoms with Gasteiger partial charge in [-0.1, -0.05) is 64.7 Å². The Bertz CT molecular complexity index is 1200. The van der Waals surface area contributed by atoms with E-state index in [4.69, 9.17) is 40.4 Å². The van der Waals surface area contributed by atoms with Crippen LogP contribution in [0.1, 0.15) is 44.7 Å². The van der Waals surface area contributed by atoms with Crippen molar-refractivity contribution >= 4 is 57.8 Å². The second-order valence-corrected chi connectivity index (χ2v) is 9.90. The summed E-state index contributed by atoms with van der Waals surface area (Å²) in [5, 5.41) is 7.63. The number of hydrogen-bond donors (Lipinski definition) is 2. The highest BCUT2D eigenvalue weighted by Gasteiger charge is 2.31. The molecule has 184 valence electrons. The lowest BCUT2D eigenvalue weighted by Gasteiger charge is -2.21. The van der Waals surface area contributed by atoms with E-state index in [2.05, 4.69) is 43.6 Å². The molecule has 1 aliphatic rings. The van der Waals surface area contributed by atoms with E-state index in [0.29, 0.717) is 38.7 Å². The number of benzene rings is 2. The van der Waals surface area contributed by atoms with Gasteiger partial charge in [0.25, 0.3) is 5.91 Å². The minimum Gasteiger partial charge on any atom is -0.359 e. The fraction of sp³-hybridized carbons (Fsp3) is 0.296. The largest absolute Gasteiger partial charge is 0.359 e. The fourth-order valence-corrected chi connectivity index (χ4v) is 4.28. The molecule has 35 heavy (non-hydrogen) atoms. The number of nitrogens with one attached hydrogen (secondary N) is 2. The number of fused-ring (bicyclic) bond motifs is 1. The Labute approximate surface area is 222 Å². The summed E-state index contributed by atoms with van der Waals surface area (Å²) < 4.78 is 0. The second kappa shape index (κ2) is 12.3. The maximum atomic E-state index is 13.3. The first-order valence-corrected chi connectivity index (χ1v) is 12.6. The first-order valence-electron chi connectivity index (χ1n) is 11.4. The predicted octanol–water partition coefficient (Wildman–Crippen LogP) is 6.29. The third-order valence-electron chi connectivity index (χ3n) is 5.60. The van der Waals surface area contributed by atoms with Gasteiger partial charge in [-0.15, -0.1) is 0 Å². The lowest BCUT2D eigenvalue weighted by Crippen LogP contribution is -2.49. The molecule has 1 amide bonds. The molecule has 0 saturated heterocycles. The smallest absolute Gasteiger partial charge is 0.272 e. The third kappa shape index (κ3) is 7.17. The van der Waals surface area contributed by atoms with E-state index >= 15 is 0 Å². The van der Waals surface area contributed by atoms with Gasteiger partial charge in [0.15, 0.2) is 5.11 Å². The number of benzodiazepines with no additional fused rings is 1. The molecule has 3 rings (SSSR count). The molecule has 1 atom stereocenters. The zero-order valence-electron chi connectivity index (χ0n) is 20.4. The van der Waals surface area contributed by atoms with Crippen molar-refractivity contribution in [3.05, 3.63) is 86.9 Å². The highest BCUT2D eigenvalue weighted by atomic mass is 35.5. The van der Waals surface area contributed by atoms with Crippen molar-refractivity contribution in [1.29, 1.82) is 0 Å². The summed E-state index contributed by atoms with van der Waals surface area (Å²) in [7, 11) is 1.71. The summed E-state index contributed by atoms with van der Waals surface area (Å²) in [4.78, 5) is 19.7. The van der Waals surface area contributed by atoms with Crippen molar-refractivity contribution in [1.82, 2.24) is 10.6 Å². The number of likely N-dealkylation sites (N-methyl/N-ethyl adjacent to an activating group) is 1. The first-order chi connectivity index (χ1) is 16.7. The molecule has 0 aliphatic carbocycles. The fourth-order valence-electron chi connectivity index (χ4n) is 3.69. The van der Waals surface area contributed by atoms with Crippen LogP contribution in [0.15, 0.2) is 70.8 Å². The van der Waals surface area contributed by atoms with E-state index in [1.165, 1.54) is 11.1 Å². The Morgan fingerprint density at radius 3 is 2.57 bits per heavy atom. The number of rotatable bonds is 7. The van der Waals surface area contributed by atoms with Gasteiger partial charge in [-0.2, -0.15) is 0 Å². The topological polar surface area (TPSA) is 56.7 Å². The van der Waals surface area contributed by atoms with Crippen molar-refractivity contribution in [2.24, 2.45) is 4.99 Å². The van der Waals surface area contributed by atoms with Crippen LogP contribution in [0.4, 0.5) is 5.69 Å². The SMILES string of the molecule is CC(C)=CCCC(C)=CCNC(=S)NC1N=C(c2ccccc2Cl)c2cc(Cl)ccc2N(C)C1=O. The number of nitrogens with zero attached hydrogens (tertiary/aromatic N) is 2. The summed E-state index contributed by atoms with van der Waals surface area (Å²) in [6.45, 7) is 6.86. The maximum Gasteiger partial charge on any atom is 0.272 e. The Morgan fingerprint density at radius 1 is 1.11 bits per heavy atom. The minimum atomic E-state index is -0.930. The van der Waals surface area contributed by atoms with Crippen LogP contribution in [0.5, 0.6) is 0 Å². The van der Waals surface area contributed by atoms with E-state index < -0.39 is 6.17 Å². The van der Waals surface area contributed by atoms with Crippen molar-refractivity contribution in [3.63, 3.8) is 0 Å². The zero-order chi connectivity index (χ0) is 25.5. The minimum absolute atomic E-state index is 0.242. The lowest BCUT2D eigenvalue weighted by atomic mass is 10.00. The molecule has 1 unspecified atom stereocenters. The normalized spacial score (nSPS) is 15.7. The number of anilines is 1. The van der Waals surface area contributed by atoms with Crippen molar-refractivity contribution in [2.45, 2.75) is 39.8 Å². The Morgan fingerprint density at radius 2 is 1.86 bits per heavy atom. The quantitative estimate of drug-likeness (QED) is 0.327. The molecule has 5 nitrogen and oxygen atoms in total. The van der Waals surface area contributed by atoms with Gasteiger partial charge >= 0.3 is 0 Å². The number of carbonyl (C=O) groups is 1. The van der Waals surface area contributed by atoms with Crippen LogP contribution in [0.25, 0.3) is 0 Å². The number of hydrogen-bond acceptors (Lipinski definition) is 3. The zero-order valence-corrected chi connectivity index (χ0v) is 22.7. The van der Waals surface area contributed by atoms with E-state index in [1.54, 1.807) is 30.1 Å². The Hall–Kier alpha value is -2.67. The summed E-state index contributed by atoms with van der Waals surface area (Å²) in [6, 6.07) is 12.8. The average Bonchev–Trinajstić information content (AvgIpc) is 2.89. The molecule has 0 bridgehead atoms. The van der Waals surface area contributed by atoms with E-state index in [0.717, 1.165) is 18.4 Å². The molecule has 2 N–H and O–H groups in total. The number of thiocarbonyl (C=S) groups is 1. The van der Waals surface area contributed by atoms with Gasteiger partial charge in [0.05, 0.1) is 11.4 Å². The lowest BCUT2D eigenvalue weighted by molar-refractivity contribution is -0.119. The molecule has 0 spiro atoms. The first kappa shape index (κ1) is 26.9. The number of aliphatic imine (C=N–C) groups is 1. The van der Waals surface area contributed by atoms with Crippen LogP contribution in [-0.2, 0) is 4.79 Å². The summed E-state index contributed by atoms with van der Waals surface area (Å²) in [5.41, 5.74) is 5.29. The number of halogens is 2. The van der Waals surface area contributed by atoms with Gasteiger partial charge in [-0.3, -0.25) is 4.79 Å². The number of allylic oxidation sites excluding steroid dienone is 3. The van der Waals surface area contributed by atoms with Crippen LogP contribution < -0.4 is 15.5 Å². The molecule has 0 radical (unpaired) electrons. The van der Waals surface area contributed by atoms with Crippen LogP contribution in [0.3, 0.4) is 0 Å². The molecular formula is C27H30Cl2N4OS. The summed E-state index contributed by atoms with van der Waals surface area (Å²) in [5.74, 6) is -0.242.